The fraction of sp³-hybridized carbons (Fsp3) is 0.500. The molecule has 4 nitrogen and oxygen atoms in total. The van der Waals surface area contributed by atoms with Crippen LogP contribution in [-0.4, -0.2) is 47.1 Å². The summed E-state index contributed by atoms with van der Waals surface area (Å²) in [5.74, 6) is 0.886. The van der Waals surface area contributed by atoms with E-state index < -0.39 is 8.32 Å². The molecular formula is C24H34O4Si. The van der Waals surface area contributed by atoms with Crippen molar-refractivity contribution in [3.05, 3.63) is 60.7 Å². The molecule has 0 radical (unpaired) electrons. The van der Waals surface area contributed by atoms with Crippen molar-refractivity contribution in [3.8, 4) is 0 Å². The highest BCUT2D eigenvalue weighted by molar-refractivity contribution is 6.99. The average molecular weight is 415 g/mol. The number of aliphatic hydroxyl groups excluding tert-OH is 1. The zero-order valence-electron chi connectivity index (χ0n) is 18.0. The smallest absolute Gasteiger partial charge is 0.261 e. The van der Waals surface area contributed by atoms with E-state index in [2.05, 4.69) is 81.4 Å². The largest absolute Gasteiger partial charge is 0.407 e. The molecule has 2 aromatic carbocycles. The quantitative estimate of drug-likeness (QED) is 0.369. The van der Waals surface area contributed by atoms with Gasteiger partial charge in [-0.05, 0) is 33.2 Å². The van der Waals surface area contributed by atoms with Crippen LogP contribution < -0.4 is 10.4 Å². The van der Waals surface area contributed by atoms with E-state index in [-0.39, 0.29) is 24.4 Å². The first-order valence-electron chi connectivity index (χ1n) is 10.4. The van der Waals surface area contributed by atoms with Crippen LogP contribution in [0.1, 0.15) is 20.8 Å². The fourth-order valence-electron chi connectivity index (χ4n) is 4.54. The number of aliphatic hydroxyl groups is 1. The third-order valence-electron chi connectivity index (χ3n) is 6.14. The molecule has 5 heteroatoms. The molecule has 0 aromatic heterocycles. The Balaban J connectivity index is 1.89. The maximum atomic E-state index is 9.80. The predicted molar refractivity (Wildman–Crippen MR) is 119 cm³/mol. The van der Waals surface area contributed by atoms with E-state index in [9.17, 15) is 5.11 Å². The van der Waals surface area contributed by atoms with Gasteiger partial charge in [0.05, 0.1) is 6.61 Å². The second-order valence-electron chi connectivity index (χ2n) is 8.93. The van der Waals surface area contributed by atoms with Gasteiger partial charge in [0.1, 0.15) is 6.79 Å². The van der Waals surface area contributed by atoms with Gasteiger partial charge in [0.2, 0.25) is 0 Å². The zero-order valence-corrected chi connectivity index (χ0v) is 19.0. The minimum absolute atomic E-state index is 0.0403. The lowest BCUT2D eigenvalue weighted by Gasteiger charge is -2.43. The second-order valence-corrected chi connectivity index (χ2v) is 13.2. The molecule has 1 fully saturated rings. The molecule has 0 saturated heterocycles. The van der Waals surface area contributed by atoms with E-state index in [1.165, 1.54) is 10.4 Å². The number of hydrogen-bond donors (Lipinski definition) is 1. The van der Waals surface area contributed by atoms with E-state index in [0.717, 1.165) is 0 Å². The standard InChI is InChI=1S/C24H34O4Si/c1-24(2,3)29(19-11-7-5-8-12-19,20-13-9-6-10-14-20)28-17-23-21(15-25)22(23)16-27-18-26-4/h5-14,21-23,25H,15-18H2,1-4H3/t21-,22+,23+/m1/s1. The molecule has 1 aliphatic carbocycles. The van der Waals surface area contributed by atoms with Gasteiger partial charge in [0.15, 0.2) is 0 Å². The molecule has 3 rings (SSSR count). The molecule has 3 atom stereocenters. The first-order valence-corrected chi connectivity index (χ1v) is 12.3. The van der Waals surface area contributed by atoms with Crippen molar-refractivity contribution in [1.29, 1.82) is 0 Å². The minimum Gasteiger partial charge on any atom is -0.407 e. The van der Waals surface area contributed by atoms with E-state index in [4.69, 9.17) is 13.9 Å². The van der Waals surface area contributed by atoms with Crippen molar-refractivity contribution in [2.24, 2.45) is 17.8 Å². The third-order valence-corrected chi connectivity index (χ3v) is 11.1. The van der Waals surface area contributed by atoms with Gasteiger partial charge in [-0.15, -0.1) is 0 Å². The monoisotopic (exact) mass is 414 g/mol. The number of methoxy groups -OCH3 is 1. The first-order chi connectivity index (χ1) is 14.0. The number of ether oxygens (including phenoxy) is 2. The number of hydrogen-bond acceptors (Lipinski definition) is 4. The Labute approximate surface area is 176 Å². The molecule has 158 valence electrons. The van der Waals surface area contributed by atoms with E-state index in [0.29, 0.717) is 25.0 Å². The van der Waals surface area contributed by atoms with Crippen LogP contribution in [-0.2, 0) is 13.9 Å². The summed E-state index contributed by atoms with van der Waals surface area (Å²) in [5, 5.41) is 12.3. The normalized spacial score (nSPS) is 21.9. The van der Waals surface area contributed by atoms with Gasteiger partial charge in [-0.25, -0.2) is 0 Å². The summed E-state index contributed by atoms with van der Waals surface area (Å²) in [6, 6.07) is 21.4. The van der Waals surface area contributed by atoms with Crippen LogP contribution in [0.25, 0.3) is 0 Å². The summed E-state index contributed by atoms with van der Waals surface area (Å²) in [4.78, 5) is 0. The molecule has 29 heavy (non-hydrogen) atoms. The van der Waals surface area contributed by atoms with Gasteiger partial charge >= 0.3 is 0 Å². The van der Waals surface area contributed by atoms with Crippen molar-refractivity contribution in [2.45, 2.75) is 25.8 Å². The lowest BCUT2D eigenvalue weighted by molar-refractivity contribution is -0.0373. The lowest BCUT2D eigenvalue weighted by atomic mass is 10.2. The van der Waals surface area contributed by atoms with Crippen molar-refractivity contribution < 1.29 is 19.0 Å². The van der Waals surface area contributed by atoms with Gasteiger partial charge in [-0.2, -0.15) is 0 Å². The molecule has 0 aliphatic heterocycles. The summed E-state index contributed by atoms with van der Waals surface area (Å²) in [7, 11) is -0.904. The first kappa shape index (κ1) is 22.2. The van der Waals surface area contributed by atoms with Crippen LogP contribution in [0, 0.1) is 17.8 Å². The summed E-state index contributed by atoms with van der Waals surface area (Å²) in [6.07, 6.45) is 0. The van der Waals surface area contributed by atoms with E-state index in [1.807, 2.05) is 0 Å². The summed E-state index contributed by atoms with van der Waals surface area (Å²) < 4.78 is 17.5. The highest BCUT2D eigenvalue weighted by Crippen LogP contribution is 2.47. The SMILES string of the molecule is COCOC[C@H]1[C@@H](CO)[C@@H]1CO[Si](c1ccccc1)(c1ccccc1)C(C)(C)C. The number of benzene rings is 2. The lowest BCUT2D eigenvalue weighted by Crippen LogP contribution is -2.66. The maximum Gasteiger partial charge on any atom is 0.261 e. The van der Waals surface area contributed by atoms with Gasteiger partial charge in [-0.1, -0.05) is 81.4 Å². The molecule has 1 saturated carbocycles. The van der Waals surface area contributed by atoms with Crippen LogP contribution in [0.3, 0.4) is 0 Å². The Kier molecular flexibility index (Phi) is 7.30. The average Bonchev–Trinajstić information content (AvgIpc) is 3.41. The van der Waals surface area contributed by atoms with Crippen LogP contribution in [0.5, 0.6) is 0 Å². The molecule has 0 spiro atoms. The Morgan fingerprint density at radius 1 is 0.828 bits per heavy atom. The van der Waals surface area contributed by atoms with Crippen LogP contribution in [0.4, 0.5) is 0 Å². The van der Waals surface area contributed by atoms with Crippen LogP contribution in [0.2, 0.25) is 5.04 Å². The second kappa shape index (κ2) is 9.54. The van der Waals surface area contributed by atoms with Crippen molar-refractivity contribution in [1.82, 2.24) is 0 Å². The minimum atomic E-state index is -2.53. The van der Waals surface area contributed by atoms with Gasteiger partial charge in [0.25, 0.3) is 8.32 Å². The van der Waals surface area contributed by atoms with Crippen molar-refractivity contribution >= 4 is 18.7 Å². The Morgan fingerprint density at radius 2 is 1.34 bits per heavy atom. The highest BCUT2D eigenvalue weighted by Gasteiger charge is 2.54. The Hall–Kier alpha value is -1.50. The topological polar surface area (TPSA) is 47.9 Å². The van der Waals surface area contributed by atoms with E-state index >= 15 is 0 Å². The molecule has 0 bridgehead atoms. The Bertz CT molecular complexity index is 705. The molecule has 1 N–H and O–H groups in total. The molecule has 0 unspecified atom stereocenters. The summed E-state index contributed by atoms with van der Waals surface area (Å²) >= 11 is 0. The summed E-state index contributed by atoms with van der Waals surface area (Å²) in [6.45, 7) is 8.57. The van der Waals surface area contributed by atoms with Gasteiger partial charge in [0, 0.05) is 20.3 Å². The Morgan fingerprint density at radius 3 is 1.79 bits per heavy atom. The molecule has 0 amide bonds. The van der Waals surface area contributed by atoms with Crippen LogP contribution in [0.15, 0.2) is 60.7 Å². The molecule has 0 heterocycles. The van der Waals surface area contributed by atoms with Gasteiger partial charge < -0.3 is 19.0 Å². The molecule has 1 aliphatic rings. The van der Waals surface area contributed by atoms with Crippen molar-refractivity contribution in [3.63, 3.8) is 0 Å². The highest BCUT2D eigenvalue weighted by atomic mass is 28.4. The molecular weight excluding hydrogens is 380 g/mol. The zero-order chi connectivity index (χ0) is 20.9. The summed E-state index contributed by atoms with van der Waals surface area (Å²) in [5.41, 5.74) is 0. The predicted octanol–water partition coefficient (Wildman–Crippen LogP) is 3.04. The fourth-order valence-corrected chi connectivity index (χ4v) is 9.14. The molecule has 2 aromatic rings. The van der Waals surface area contributed by atoms with E-state index in [1.54, 1.807) is 7.11 Å². The third kappa shape index (κ3) is 4.65. The number of rotatable bonds is 10. The van der Waals surface area contributed by atoms with Crippen LogP contribution >= 0.6 is 0 Å². The van der Waals surface area contributed by atoms with Gasteiger partial charge in [-0.3, -0.25) is 0 Å². The maximum absolute atomic E-state index is 9.80. The van der Waals surface area contributed by atoms with Crippen molar-refractivity contribution in [2.75, 3.05) is 33.7 Å².